The number of carbonyl (C=O) groups excluding carboxylic acids is 2. The van der Waals surface area contributed by atoms with Crippen molar-refractivity contribution in [2.75, 3.05) is 17.2 Å². The number of ether oxygens (including phenoxy) is 1. The Hall–Kier alpha value is -2.91. The first-order valence-electron chi connectivity index (χ1n) is 9.37. The fourth-order valence-electron chi connectivity index (χ4n) is 2.55. The molecule has 0 fully saturated rings. The predicted molar refractivity (Wildman–Crippen MR) is 121 cm³/mol. The first-order valence-corrected chi connectivity index (χ1v) is 11.1. The standard InChI is InChI=1S/C21H22N4O3S2/c1-4-28-16-11-9-15(10-12-16)22-18(26)14(3)29-21-25-24-20(30-21)23-19(27)17-8-6-5-7-13(17)2/h5-12,14H,4H2,1-3H3,(H,22,26)(H,23,24,27)/t14-/m1/s1. The van der Waals surface area contributed by atoms with Gasteiger partial charge in [-0.25, -0.2) is 0 Å². The average Bonchev–Trinajstić information content (AvgIpc) is 3.16. The van der Waals surface area contributed by atoms with Crippen molar-refractivity contribution in [1.29, 1.82) is 0 Å². The van der Waals surface area contributed by atoms with Crippen molar-refractivity contribution in [3.63, 3.8) is 0 Å². The molecule has 2 N–H and O–H groups in total. The summed E-state index contributed by atoms with van der Waals surface area (Å²) in [5, 5.41) is 13.7. The first kappa shape index (κ1) is 21.8. The Morgan fingerprint density at radius 1 is 1.10 bits per heavy atom. The van der Waals surface area contributed by atoms with Crippen molar-refractivity contribution < 1.29 is 14.3 Å². The number of hydrogen-bond acceptors (Lipinski definition) is 7. The molecule has 0 bridgehead atoms. The predicted octanol–water partition coefficient (Wildman–Crippen LogP) is 4.62. The van der Waals surface area contributed by atoms with Gasteiger partial charge in [-0.15, -0.1) is 10.2 Å². The number of rotatable bonds is 8. The summed E-state index contributed by atoms with van der Waals surface area (Å²) in [7, 11) is 0. The maximum Gasteiger partial charge on any atom is 0.257 e. The zero-order valence-electron chi connectivity index (χ0n) is 16.8. The lowest BCUT2D eigenvalue weighted by Gasteiger charge is -2.11. The number of benzene rings is 2. The number of hydrogen-bond donors (Lipinski definition) is 2. The van der Waals surface area contributed by atoms with Gasteiger partial charge in [0.2, 0.25) is 11.0 Å². The Kier molecular flexibility index (Phi) is 7.42. The Morgan fingerprint density at radius 2 is 1.83 bits per heavy atom. The molecule has 1 atom stereocenters. The number of aryl methyl sites for hydroxylation is 1. The largest absolute Gasteiger partial charge is 0.494 e. The summed E-state index contributed by atoms with van der Waals surface area (Å²) in [6.07, 6.45) is 0. The van der Waals surface area contributed by atoms with Gasteiger partial charge in [0.25, 0.3) is 5.91 Å². The summed E-state index contributed by atoms with van der Waals surface area (Å²) in [5.74, 6) is 0.374. The van der Waals surface area contributed by atoms with E-state index < -0.39 is 0 Å². The lowest BCUT2D eigenvalue weighted by molar-refractivity contribution is -0.115. The lowest BCUT2D eigenvalue weighted by atomic mass is 10.1. The van der Waals surface area contributed by atoms with E-state index in [1.165, 1.54) is 23.1 Å². The van der Waals surface area contributed by atoms with Crippen LogP contribution < -0.4 is 15.4 Å². The maximum absolute atomic E-state index is 12.5. The van der Waals surface area contributed by atoms with E-state index in [1.54, 1.807) is 25.1 Å². The zero-order valence-corrected chi connectivity index (χ0v) is 18.5. The molecule has 0 aliphatic rings. The van der Waals surface area contributed by atoms with Gasteiger partial charge in [0.1, 0.15) is 5.75 Å². The first-order chi connectivity index (χ1) is 14.5. The maximum atomic E-state index is 12.5. The van der Waals surface area contributed by atoms with Crippen LogP contribution in [0.1, 0.15) is 29.8 Å². The molecule has 0 spiro atoms. The van der Waals surface area contributed by atoms with Crippen LogP contribution in [0.3, 0.4) is 0 Å². The Balaban J connectivity index is 1.55. The van der Waals surface area contributed by atoms with E-state index in [0.29, 0.717) is 27.3 Å². The van der Waals surface area contributed by atoms with E-state index >= 15 is 0 Å². The average molecular weight is 443 g/mol. The van der Waals surface area contributed by atoms with Crippen LogP contribution in [0.5, 0.6) is 5.75 Å². The molecule has 3 aromatic rings. The second-order valence-corrected chi connectivity index (χ2v) is 8.91. The topological polar surface area (TPSA) is 93.2 Å². The van der Waals surface area contributed by atoms with Crippen molar-refractivity contribution in [2.45, 2.75) is 30.4 Å². The van der Waals surface area contributed by atoms with Crippen molar-refractivity contribution >= 4 is 45.7 Å². The van der Waals surface area contributed by atoms with Crippen molar-refractivity contribution in [1.82, 2.24) is 10.2 Å². The third-order valence-electron chi connectivity index (χ3n) is 4.10. The molecule has 0 saturated heterocycles. The van der Waals surface area contributed by atoms with Gasteiger partial charge in [-0.3, -0.25) is 14.9 Å². The highest BCUT2D eigenvalue weighted by Crippen LogP contribution is 2.30. The third-order valence-corrected chi connectivity index (χ3v) is 6.12. The molecule has 1 heterocycles. The summed E-state index contributed by atoms with van der Waals surface area (Å²) in [6, 6.07) is 14.5. The van der Waals surface area contributed by atoms with Crippen LogP contribution in [-0.4, -0.2) is 33.9 Å². The van der Waals surface area contributed by atoms with Crippen molar-refractivity contribution in [3.8, 4) is 5.75 Å². The zero-order chi connectivity index (χ0) is 21.5. The van der Waals surface area contributed by atoms with Crippen LogP contribution >= 0.6 is 23.1 Å². The molecule has 2 aromatic carbocycles. The molecule has 9 heteroatoms. The highest BCUT2D eigenvalue weighted by molar-refractivity contribution is 8.02. The summed E-state index contributed by atoms with van der Waals surface area (Å²) >= 11 is 2.52. The minimum absolute atomic E-state index is 0.148. The Morgan fingerprint density at radius 3 is 2.53 bits per heavy atom. The van der Waals surface area contributed by atoms with Gasteiger partial charge in [0.05, 0.1) is 11.9 Å². The van der Waals surface area contributed by atoms with Gasteiger partial charge >= 0.3 is 0 Å². The summed E-state index contributed by atoms with van der Waals surface area (Å²) < 4.78 is 6.00. The van der Waals surface area contributed by atoms with Gasteiger partial charge in [0.15, 0.2) is 4.34 Å². The molecule has 30 heavy (non-hydrogen) atoms. The van der Waals surface area contributed by atoms with Crippen LogP contribution in [0, 0.1) is 6.92 Å². The molecule has 156 valence electrons. The van der Waals surface area contributed by atoms with Gasteiger partial charge < -0.3 is 10.1 Å². The molecule has 0 aliphatic heterocycles. The highest BCUT2D eigenvalue weighted by atomic mass is 32.2. The van der Waals surface area contributed by atoms with E-state index in [1.807, 2.05) is 44.2 Å². The van der Waals surface area contributed by atoms with E-state index in [9.17, 15) is 9.59 Å². The Labute approximate surface area is 183 Å². The molecule has 1 aromatic heterocycles. The number of amides is 2. The normalized spacial score (nSPS) is 11.6. The van der Waals surface area contributed by atoms with E-state index in [-0.39, 0.29) is 17.1 Å². The number of anilines is 2. The summed E-state index contributed by atoms with van der Waals surface area (Å²) in [6.45, 7) is 6.18. The number of thioether (sulfide) groups is 1. The molecule has 0 saturated carbocycles. The van der Waals surface area contributed by atoms with E-state index in [0.717, 1.165) is 11.3 Å². The Bertz CT molecular complexity index is 1020. The molecule has 7 nitrogen and oxygen atoms in total. The summed E-state index contributed by atoms with van der Waals surface area (Å²) in [5.41, 5.74) is 2.16. The number of aromatic nitrogens is 2. The van der Waals surface area contributed by atoms with Gasteiger partial charge in [0, 0.05) is 11.3 Å². The quantitative estimate of drug-likeness (QED) is 0.391. The number of nitrogens with zero attached hydrogens (tertiary/aromatic N) is 2. The smallest absolute Gasteiger partial charge is 0.257 e. The van der Waals surface area contributed by atoms with Crippen LogP contribution in [0.25, 0.3) is 0 Å². The van der Waals surface area contributed by atoms with Gasteiger partial charge in [-0.1, -0.05) is 41.3 Å². The molecular formula is C21H22N4O3S2. The molecule has 0 radical (unpaired) electrons. The second kappa shape index (κ2) is 10.2. The SMILES string of the molecule is CCOc1ccc(NC(=O)[C@@H](C)Sc2nnc(NC(=O)c3ccccc3C)s2)cc1. The molecule has 0 aliphatic carbocycles. The highest BCUT2D eigenvalue weighted by Gasteiger charge is 2.18. The lowest BCUT2D eigenvalue weighted by Crippen LogP contribution is -2.22. The van der Waals surface area contributed by atoms with Crippen LogP contribution in [0.15, 0.2) is 52.9 Å². The third kappa shape index (κ3) is 5.80. The molecule has 3 rings (SSSR count). The van der Waals surface area contributed by atoms with E-state index in [2.05, 4.69) is 20.8 Å². The number of nitrogens with one attached hydrogen (secondary N) is 2. The van der Waals surface area contributed by atoms with Gasteiger partial charge in [-0.2, -0.15) is 0 Å². The summed E-state index contributed by atoms with van der Waals surface area (Å²) in [4.78, 5) is 24.8. The van der Waals surface area contributed by atoms with E-state index in [4.69, 9.17) is 4.74 Å². The van der Waals surface area contributed by atoms with Crippen molar-refractivity contribution in [2.24, 2.45) is 0 Å². The minimum atomic E-state index is -0.385. The van der Waals surface area contributed by atoms with Gasteiger partial charge in [-0.05, 0) is 56.7 Å². The van der Waals surface area contributed by atoms with Crippen molar-refractivity contribution in [3.05, 3.63) is 59.7 Å². The molecule has 0 unspecified atom stereocenters. The van der Waals surface area contributed by atoms with Crippen LogP contribution in [0.2, 0.25) is 0 Å². The second-order valence-electron chi connectivity index (χ2n) is 6.35. The van der Waals surface area contributed by atoms with Crippen LogP contribution in [0.4, 0.5) is 10.8 Å². The molecular weight excluding hydrogens is 420 g/mol. The molecule has 2 amide bonds. The fraction of sp³-hybridized carbons (Fsp3) is 0.238. The van der Waals surface area contributed by atoms with Crippen LogP contribution in [-0.2, 0) is 4.79 Å². The minimum Gasteiger partial charge on any atom is -0.494 e. The fourth-order valence-corrected chi connectivity index (χ4v) is 4.44. The monoisotopic (exact) mass is 442 g/mol. The number of carbonyl (C=O) groups is 2.